The molecule has 0 amide bonds. The number of hydrogen-bond donors (Lipinski definition) is 1. The van der Waals surface area contributed by atoms with Gasteiger partial charge in [0, 0.05) is 34.8 Å². The van der Waals surface area contributed by atoms with Gasteiger partial charge in [0.2, 0.25) is 0 Å². The van der Waals surface area contributed by atoms with Crippen LogP contribution in [0.15, 0.2) is 29.8 Å². The molecule has 0 fully saturated rings. The molecule has 0 spiro atoms. The number of nitro groups is 1. The second-order valence-electron chi connectivity index (χ2n) is 4.24. The molecule has 0 aliphatic carbocycles. The van der Waals surface area contributed by atoms with Gasteiger partial charge in [-0.3, -0.25) is 10.1 Å². The highest BCUT2D eigenvalue weighted by Gasteiger charge is 2.17. The Balaban J connectivity index is 2.12. The van der Waals surface area contributed by atoms with E-state index in [1.165, 1.54) is 6.07 Å². The first-order chi connectivity index (χ1) is 9.61. The molecule has 0 saturated heterocycles. The van der Waals surface area contributed by atoms with Gasteiger partial charge < -0.3 is 5.32 Å². The second kappa shape index (κ2) is 6.78. The molecule has 2 aromatic rings. The van der Waals surface area contributed by atoms with Gasteiger partial charge in [-0.2, -0.15) is 0 Å². The van der Waals surface area contributed by atoms with Crippen LogP contribution in [0.25, 0.3) is 0 Å². The van der Waals surface area contributed by atoms with E-state index in [2.05, 4.69) is 17.2 Å². The Hall–Kier alpha value is -1.50. The van der Waals surface area contributed by atoms with Crippen molar-refractivity contribution in [2.75, 3.05) is 0 Å². The molecular formula is C13H14ClN3O2S. The van der Waals surface area contributed by atoms with E-state index in [-0.39, 0.29) is 11.7 Å². The van der Waals surface area contributed by atoms with Crippen LogP contribution in [0, 0.1) is 10.1 Å². The summed E-state index contributed by atoms with van der Waals surface area (Å²) in [7, 11) is 0. The highest BCUT2D eigenvalue weighted by Crippen LogP contribution is 2.25. The maximum absolute atomic E-state index is 11.0. The molecule has 1 unspecified atom stereocenters. The first kappa shape index (κ1) is 14.9. The number of nitrogens with one attached hydrogen (secondary N) is 1. The third kappa shape index (κ3) is 3.53. The molecule has 0 saturated carbocycles. The van der Waals surface area contributed by atoms with Crippen molar-refractivity contribution in [3.8, 4) is 0 Å². The van der Waals surface area contributed by atoms with Crippen LogP contribution >= 0.6 is 22.9 Å². The summed E-state index contributed by atoms with van der Waals surface area (Å²) in [5.41, 5.74) is 0.661. The van der Waals surface area contributed by atoms with Crippen molar-refractivity contribution >= 4 is 28.6 Å². The minimum Gasteiger partial charge on any atom is -0.304 e. The van der Waals surface area contributed by atoms with E-state index in [9.17, 15) is 10.1 Å². The summed E-state index contributed by atoms with van der Waals surface area (Å²) in [6.45, 7) is 2.46. The summed E-state index contributed by atoms with van der Waals surface area (Å²) in [6, 6.07) is 4.83. The Morgan fingerprint density at radius 3 is 2.95 bits per heavy atom. The van der Waals surface area contributed by atoms with Gasteiger partial charge >= 0.3 is 0 Å². The third-order valence-corrected chi connectivity index (χ3v) is 4.07. The zero-order chi connectivity index (χ0) is 14.5. The Bertz CT molecular complexity index is 589. The highest BCUT2D eigenvalue weighted by molar-refractivity contribution is 7.09. The number of halogens is 1. The van der Waals surface area contributed by atoms with Gasteiger partial charge in [-0.1, -0.05) is 18.5 Å². The minimum absolute atomic E-state index is 0.0407. The normalized spacial score (nSPS) is 12.3. The molecule has 1 aromatic carbocycles. The maximum Gasteiger partial charge on any atom is 0.275 e. The van der Waals surface area contributed by atoms with Crippen LogP contribution in [0.2, 0.25) is 5.02 Å². The summed E-state index contributed by atoms with van der Waals surface area (Å²) in [5.74, 6) is 0. The number of nitro benzene ring substituents is 1. The lowest BCUT2D eigenvalue weighted by atomic mass is 10.1. The van der Waals surface area contributed by atoms with Gasteiger partial charge in [-0.05, 0) is 18.6 Å². The summed E-state index contributed by atoms with van der Waals surface area (Å²) in [5, 5.41) is 17.6. The number of benzene rings is 1. The predicted octanol–water partition coefficient (Wildman–Crippen LogP) is 3.95. The monoisotopic (exact) mass is 311 g/mol. The van der Waals surface area contributed by atoms with Crippen LogP contribution in [0.3, 0.4) is 0 Å². The van der Waals surface area contributed by atoms with Crippen LogP contribution in [0.4, 0.5) is 5.69 Å². The molecule has 1 aromatic heterocycles. The molecule has 106 valence electrons. The minimum atomic E-state index is -0.409. The Morgan fingerprint density at radius 2 is 2.35 bits per heavy atom. The van der Waals surface area contributed by atoms with Crippen molar-refractivity contribution in [2.45, 2.75) is 25.9 Å². The fourth-order valence-corrected chi connectivity index (χ4v) is 2.87. The van der Waals surface area contributed by atoms with Crippen molar-refractivity contribution in [2.24, 2.45) is 0 Å². The molecule has 2 rings (SSSR count). The molecule has 1 N–H and O–H groups in total. The van der Waals surface area contributed by atoms with E-state index in [1.807, 2.05) is 5.38 Å². The quantitative estimate of drug-likeness (QED) is 0.648. The third-order valence-electron chi connectivity index (χ3n) is 2.94. The van der Waals surface area contributed by atoms with E-state index < -0.39 is 4.92 Å². The van der Waals surface area contributed by atoms with Crippen LogP contribution in [0.5, 0.6) is 0 Å². The Morgan fingerprint density at radius 1 is 1.55 bits per heavy atom. The van der Waals surface area contributed by atoms with Crippen LogP contribution in [-0.2, 0) is 6.54 Å². The van der Waals surface area contributed by atoms with Crippen LogP contribution in [-0.4, -0.2) is 9.91 Å². The van der Waals surface area contributed by atoms with Crippen LogP contribution < -0.4 is 5.32 Å². The fourth-order valence-electron chi connectivity index (χ4n) is 1.90. The summed E-state index contributed by atoms with van der Waals surface area (Å²) in [4.78, 5) is 14.9. The molecule has 20 heavy (non-hydrogen) atoms. The second-order valence-corrected chi connectivity index (χ2v) is 5.60. The molecular weight excluding hydrogens is 298 g/mol. The molecule has 1 heterocycles. The zero-order valence-electron chi connectivity index (χ0n) is 10.9. The van der Waals surface area contributed by atoms with Crippen molar-refractivity contribution < 1.29 is 4.92 Å². The van der Waals surface area contributed by atoms with Crippen molar-refractivity contribution in [3.05, 3.63) is 55.5 Å². The van der Waals surface area contributed by atoms with E-state index in [0.29, 0.717) is 17.1 Å². The average molecular weight is 312 g/mol. The van der Waals surface area contributed by atoms with Gasteiger partial charge in [-0.25, -0.2) is 4.98 Å². The van der Waals surface area contributed by atoms with Gasteiger partial charge in [0.1, 0.15) is 5.01 Å². The summed E-state index contributed by atoms with van der Waals surface area (Å²) < 4.78 is 0. The predicted molar refractivity (Wildman–Crippen MR) is 80.1 cm³/mol. The molecule has 5 nitrogen and oxygen atoms in total. The number of hydrogen-bond acceptors (Lipinski definition) is 5. The zero-order valence-corrected chi connectivity index (χ0v) is 12.4. The first-order valence-electron chi connectivity index (χ1n) is 6.17. The van der Waals surface area contributed by atoms with Crippen LogP contribution in [0.1, 0.15) is 30.0 Å². The number of rotatable bonds is 6. The SMILES string of the molecule is CCC(NCc1ccc(Cl)cc1[N+](=O)[O-])c1nccs1. The van der Waals surface area contributed by atoms with Gasteiger partial charge in [0.25, 0.3) is 5.69 Å². The van der Waals surface area contributed by atoms with Gasteiger partial charge in [0.15, 0.2) is 0 Å². The van der Waals surface area contributed by atoms with E-state index in [0.717, 1.165) is 11.4 Å². The fraction of sp³-hybridized carbons (Fsp3) is 0.308. The number of thiazole rings is 1. The van der Waals surface area contributed by atoms with Crippen molar-refractivity contribution in [1.29, 1.82) is 0 Å². The molecule has 0 bridgehead atoms. The van der Waals surface area contributed by atoms with E-state index in [1.54, 1.807) is 29.7 Å². The molecule has 7 heteroatoms. The molecule has 0 aliphatic rings. The lowest BCUT2D eigenvalue weighted by Gasteiger charge is -2.14. The largest absolute Gasteiger partial charge is 0.304 e. The van der Waals surface area contributed by atoms with Crippen molar-refractivity contribution in [1.82, 2.24) is 10.3 Å². The molecule has 0 radical (unpaired) electrons. The van der Waals surface area contributed by atoms with Gasteiger partial charge in [0.05, 0.1) is 11.0 Å². The number of aromatic nitrogens is 1. The molecule has 1 atom stereocenters. The lowest BCUT2D eigenvalue weighted by molar-refractivity contribution is -0.385. The standard InChI is InChI=1S/C13H14ClN3O2S/c1-2-11(13-15-5-6-20-13)16-8-9-3-4-10(14)7-12(9)17(18)19/h3-7,11,16H,2,8H2,1H3. The lowest BCUT2D eigenvalue weighted by Crippen LogP contribution is -2.20. The summed E-state index contributed by atoms with van der Waals surface area (Å²) >= 11 is 7.37. The highest BCUT2D eigenvalue weighted by atomic mass is 35.5. The Kier molecular flexibility index (Phi) is 5.05. The van der Waals surface area contributed by atoms with E-state index >= 15 is 0 Å². The smallest absolute Gasteiger partial charge is 0.275 e. The topological polar surface area (TPSA) is 68.1 Å². The van der Waals surface area contributed by atoms with Crippen molar-refractivity contribution in [3.63, 3.8) is 0 Å². The Labute approximate surface area is 125 Å². The van der Waals surface area contributed by atoms with Gasteiger partial charge in [-0.15, -0.1) is 11.3 Å². The average Bonchev–Trinajstić information content (AvgIpc) is 2.94. The maximum atomic E-state index is 11.0. The number of nitrogens with zero attached hydrogens (tertiary/aromatic N) is 2. The van der Waals surface area contributed by atoms with E-state index in [4.69, 9.17) is 11.6 Å². The first-order valence-corrected chi connectivity index (χ1v) is 7.43. The molecule has 0 aliphatic heterocycles. The summed E-state index contributed by atoms with van der Waals surface area (Å²) in [6.07, 6.45) is 2.63.